The van der Waals surface area contributed by atoms with E-state index in [1.54, 1.807) is 48.5 Å². The minimum Gasteiger partial charge on any atom is -0.507 e. The lowest BCUT2D eigenvalue weighted by atomic mass is 9.95. The largest absolute Gasteiger partial charge is 0.507 e. The van der Waals surface area contributed by atoms with Gasteiger partial charge in [0, 0.05) is 33.5 Å². The van der Waals surface area contributed by atoms with Gasteiger partial charge in [-0.15, -0.1) is 10.2 Å². The molecule has 1 aliphatic heterocycles. The summed E-state index contributed by atoms with van der Waals surface area (Å²) in [6.07, 6.45) is 0. The number of nitrogens with zero attached hydrogens (tertiary/aromatic N) is 4. The molecule has 1 saturated heterocycles. The minimum absolute atomic E-state index is 0.0808. The lowest BCUT2D eigenvalue weighted by Crippen LogP contribution is -2.29. The van der Waals surface area contributed by atoms with Gasteiger partial charge in [0.2, 0.25) is 5.13 Å². The molecule has 6 rings (SSSR count). The Balaban J connectivity index is 1.33. The first-order chi connectivity index (χ1) is 23.1. The van der Waals surface area contributed by atoms with Crippen LogP contribution < -0.4 is 9.64 Å². The number of benzene rings is 4. The van der Waals surface area contributed by atoms with Gasteiger partial charge in [-0.3, -0.25) is 24.6 Å². The molecule has 5 aromatic rings. The molecule has 1 aliphatic rings. The first-order valence-corrected chi connectivity index (χ1v) is 16.9. The Hall–Kier alpha value is -4.75. The molecule has 14 heteroatoms. The fraction of sp³-hybridized carbons (Fsp3) is 0.118. The first-order valence-electron chi connectivity index (χ1n) is 14.3. The summed E-state index contributed by atoms with van der Waals surface area (Å²) in [5.74, 6) is -1.41. The van der Waals surface area contributed by atoms with E-state index in [2.05, 4.69) is 10.2 Å². The van der Waals surface area contributed by atoms with Gasteiger partial charge in [0.15, 0.2) is 4.34 Å². The molecule has 0 spiro atoms. The van der Waals surface area contributed by atoms with Crippen LogP contribution in [-0.4, -0.2) is 31.9 Å². The maximum absolute atomic E-state index is 13.6. The second-order valence-electron chi connectivity index (χ2n) is 10.6. The van der Waals surface area contributed by atoms with Crippen LogP contribution in [0.1, 0.15) is 33.9 Å². The third-order valence-electron chi connectivity index (χ3n) is 7.59. The maximum Gasteiger partial charge on any atom is 0.301 e. The zero-order chi connectivity index (χ0) is 33.9. The lowest BCUT2D eigenvalue weighted by molar-refractivity contribution is -0.384. The molecule has 48 heavy (non-hydrogen) atoms. The van der Waals surface area contributed by atoms with Gasteiger partial charge in [0.05, 0.1) is 16.5 Å². The molecule has 1 unspecified atom stereocenters. The molecule has 0 bridgehead atoms. The highest BCUT2D eigenvalue weighted by Gasteiger charge is 2.48. The van der Waals surface area contributed by atoms with Crippen LogP contribution in [-0.2, 0) is 21.9 Å². The van der Waals surface area contributed by atoms with Crippen molar-refractivity contribution in [3.05, 3.63) is 145 Å². The van der Waals surface area contributed by atoms with Crippen LogP contribution in [0.3, 0.4) is 0 Å². The van der Waals surface area contributed by atoms with Crippen molar-refractivity contribution in [2.24, 2.45) is 0 Å². The van der Waals surface area contributed by atoms with Crippen LogP contribution in [0.15, 0.2) is 101 Å². The number of halogens is 2. The van der Waals surface area contributed by atoms with Crippen molar-refractivity contribution in [3.63, 3.8) is 0 Å². The number of aryl methyl sites for hydroxylation is 1. The van der Waals surface area contributed by atoms with Gasteiger partial charge >= 0.3 is 5.91 Å². The van der Waals surface area contributed by atoms with Gasteiger partial charge in [-0.05, 0) is 65.6 Å². The Morgan fingerprint density at radius 3 is 2.50 bits per heavy atom. The van der Waals surface area contributed by atoms with Crippen LogP contribution in [0.5, 0.6) is 5.75 Å². The number of anilines is 1. The van der Waals surface area contributed by atoms with Gasteiger partial charge in [0.1, 0.15) is 18.1 Å². The van der Waals surface area contributed by atoms with Crippen LogP contribution in [0.25, 0.3) is 5.76 Å². The van der Waals surface area contributed by atoms with E-state index in [0.717, 1.165) is 32.9 Å². The van der Waals surface area contributed by atoms with Crippen LogP contribution >= 0.6 is 46.3 Å². The maximum atomic E-state index is 13.6. The predicted molar refractivity (Wildman–Crippen MR) is 186 cm³/mol. The van der Waals surface area contributed by atoms with Crippen LogP contribution in [0, 0.1) is 17.0 Å². The molecule has 10 nitrogen and oxygen atoms in total. The molecule has 1 fully saturated rings. The molecule has 1 N–H and O–H groups in total. The molecular weight excluding hydrogens is 695 g/mol. The van der Waals surface area contributed by atoms with E-state index < -0.39 is 28.4 Å². The number of hydrogen-bond donors (Lipinski definition) is 1. The zero-order valence-corrected chi connectivity index (χ0v) is 28.1. The summed E-state index contributed by atoms with van der Waals surface area (Å²) < 4.78 is 6.40. The molecular formula is C34H24Cl2N4O6S2. The Morgan fingerprint density at radius 1 is 1.00 bits per heavy atom. The van der Waals surface area contributed by atoms with E-state index >= 15 is 0 Å². The molecule has 0 radical (unpaired) electrons. The summed E-state index contributed by atoms with van der Waals surface area (Å²) in [5.41, 5.74) is 2.92. The molecule has 1 aromatic heterocycles. The second kappa shape index (κ2) is 14.2. The van der Waals surface area contributed by atoms with Gasteiger partial charge in [-0.25, -0.2) is 0 Å². The van der Waals surface area contributed by atoms with Gasteiger partial charge in [-0.1, -0.05) is 88.8 Å². The Kier molecular flexibility index (Phi) is 9.78. The quantitative estimate of drug-likeness (QED) is 0.0286. The number of ether oxygens (including phenoxy) is 1. The predicted octanol–water partition coefficient (Wildman–Crippen LogP) is 8.56. The number of aliphatic hydroxyl groups excluding tert-OH is 1. The third-order valence-corrected chi connectivity index (χ3v) is 10.3. The van der Waals surface area contributed by atoms with Crippen molar-refractivity contribution in [3.8, 4) is 5.75 Å². The van der Waals surface area contributed by atoms with Gasteiger partial charge in [-0.2, -0.15) is 0 Å². The number of non-ortho nitro benzene ring substituents is 1. The summed E-state index contributed by atoms with van der Waals surface area (Å²) in [6.45, 7) is 2.33. The summed E-state index contributed by atoms with van der Waals surface area (Å²) >= 11 is 14.7. The number of carbonyl (C=O) groups is 2. The topological polar surface area (TPSA) is 136 Å². The van der Waals surface area contributed by atoms with Crippen LogP contribution in [0.2, 0.25) is 10.0 Å². The Bertz CT molecular complexity index is 2090. The fourth-order valence-corrected chi connectivity index (χ4v) is 7.51. The first kappa shape index (κ1) is 33.2. The molecule has 2 heterocycles. The molecule has 4 aromatic carbocycles. The number of rotatable bonds is 10. The zero-order valence-electron chi connectivity index (χ0n) is 25.0. The van der Waals surface area contributed by atoms with Crippen LogP contribution in [0.4, 0.5) is 10.8 Å². The SMILES string of the molecule is Cc1ccccc1COc1ccc(C(O)=C2C(=O)C(=O)N(c3nnc(SCc4ccc(Cl)cc4Cl)s3)C2c2cccc([N+](=O)[O-])c2)cc1. The number of ketones is 1. The summed E-state index contributed by atoms with van der Waals surface area (Å²) in [7, 11) is 0. The number of nitro benzene ring substituents is 1. The highest BCUT2D eigenvalue weighted by Crippen LogP contribution is 2.45. The molecule has 1 atom stereocenters. The smallest absolute Gasteiger partial charge is 0.301 e. The Morgan fingerprint density at radius 2 is 1.77 bits per heavy atom. The number of nitro groups is 1. The minimum atomic E-state index is -1.22. The number of aromatic nitrogens is 2. The van der Waals surface area contributed by atoms with Crippen molar-refractivity contribution < 1.29 is 24.4 Å². The molecule has 0 saturated carbocycles. The van der Waals surface area contributed by atoms with E-state index in [9.17, 15) is 24.8 Å². The number of hydrogen-bond acceptors (Lipinski definition) is 10. The standard InChI is InChI=1S/C34H24Cl2N4O6S2/c1-19-5-2-3-6-22(19)17-46-26-13-10-20(11-14-26)30(41)28-29(21-7-4-8-25(15-21)40(44)45)39(32(43)31(28)42)33-37-38-34(48-33)47-18-23-9-12-24(35)16-27(23)36/h2-16,29,41H,17-18H2,1H3. The van der Waals surface area contributed by atoms with E-state index in [0.29, 0.717) is 32.5 Å². The summed E-state index contributed by atoms with van der Waals surface area (Å²) in [6, 6.07) is 23.8. The van der Waals surface area contributed by atoms with Crippen molar-refractivity contribution in [1.82, 2.24) is 10.2 Å². The molecule has 242 valence electrons. The summed E-state index contributed by atoms with van der Waals surface area (Å²) in [4.78, 5) is 39.4. The van der Waals surface area contributed by atoms with Gasteiger partial charge in [0.25, 0.3) is 11.5 Å². The number of aliphatic hydroxyl groups is 1. The van der Waals surface area contributed by atoms with E-state index in [4.69, 9.17) is 27.9 Å². The average molecular weight is 720 g/mol. The molecule has 0 aliphatic carbocycles. The highest BCUT2D eigenvalue weighted by molar-refractivity contribution is 8.00. The third kappa shape index (κ3) is 6.92. The Labute approximate surface area is 292 Å². The highest BCUT2D eigenvalue weighted by atomic mass is 35.5. The molecule has 1 amide bonds. The van der Waals surface area contributed by atoms with Crippen molar-refractivity contribution in [2.75, 3.05) is 4.90 Å². The number of Topliss-reactive ketones (excluding diaryl/α,β-unsaturated/α-hetero) is 1. The normalized spacial score (nSPS) is 15.6. The monoisotopic (exact) mass is 718 g/mol. The number of amides is 1. The van der Waals surface area contributed by atoms with Crippen molar-refractivity contribution in [1.29, 1.82) is 0 Å². The van der Waals surface area contributed by atoms with Crippen molar-refractivity contribution in [2.45, 2.75) is 29.7 Å². The van der Waals surface area contributed by atoms with Gasteiger partial charge < -0.3 is 9.84 Å². The van der Waals surface area contributed by atoms with E-state index in [1.165, 1.54) is 30.0 Å². The average Bonchev–Trinajstić information content (AvgIpc) is 3.65. The van der Waals surface area contributed by atoms with E-state index in [1.807, 2.05) is 31.2 Å². The van der Waals surface area contributed by atoms with Crippen molar-refractivity contribution >= 4 is 74.6 Å². The second-order valence-corrected chi connectivity index (χ2v) is 13.7. The number of thioether (sulfide) groups is 1. The number of carbonyl (C=O) groups excluding carboxylic acids is 2. The summed E-state index contributed by atoms with van der Waals surface area (Å²) in [5, 5.41) is 32.6. The fourth-order valence-electron chi connectivity index (χ4n) is 5.09. The van der Waals surface area contributed by atoms with E-state index in [-0.39, 0.29) is 27.5 Å². The lowest BCUT2D eigenvalue weighted by Gasteiger charge is -2.22.